The van der Waals surface area contributed by atoms with Gasteiger partial charge in [-0.25, -0.2) is 12.8 Å². The van der Waals surface area contributed by atoms with Gasteiger partial charge in [0.1, 0.15) is 5.82 Å². The smallest absolute Gasteiger partial charge is 0.251 e. The van der Waals surface area contributed by atoms with Crippen LogP contribution in [0.15, 0.2) is 53.4 Å². The second-order valence-electron chi connectivity index (χ2n) is 5.95. The summed E-state index contributed by atoms with van der Waals surface area (Å²) in [6.45, 7) is 3.75. The number of nitrogens with one attached hydrogen (secondary N) is 1. The molecule has 0 saturated heterocycles. The van der Waals surface area contributed by atoms with Crippen LogP contribution in [0.25, 0.3) is 0 Å². The summed E-state index contributed by atoms with van der Waals surface area (Å²) in [5, 5.41) is 2.68. The van der Waals surface area contributed by atoms with Crippen molar-refractivity contribution in [2.75, 3.05) is 7.05 Å². The predicted molar refractivity (Wildman–Crippen MR) is 94.1 cm³/mol. The Labute approximate surface area is 147 Å². The van der Waals surface area contributed by atoms with E-state index >= 15 is 0 Å². The van der Waals surface area contributed by atoms with E-state index in [9.17, 15) is 17.6 Å². The number of amides is 1. The Morgan fingerprint density at radius 3 is 2.36 bits per heavy atom. The lowest BCUT2D eigenvalue weighted by molar-refractivity contribution is 0.0950. The number of halogens is 1. The van der Waals surface area contributed by atoms with Gasteiger partial charge < -0.3 is 5.32 Å². The van der Waals surface area contributed by atoms with Gasteiger partial charge in [-0.05, 0) is 55.8 Å². The van der Waals surface area contributed by atoms with Gasteiger partial charge >= 0.3 is 0 Å². The lowest BCUT2D eigenvalue weighted by atomic mass is 10.2. The second kappa shape index (κ2) is 7.76. The van der Waals surface area contributed by atoms with Crippen LogP contribution < -0.4 is 5.32 Å². The Kier molecular flexibility index (Phi) is 5.92. The van der Waals surface area contributed by atoms with Gasteiger partial charge in [0.2, 0.25) is 10.0 Å². The van der Waals surface area contributed by atoms with E-state index in [4.69, 9.17) is 0 Å². The molecule has 25 heavy (non-hydrogen) atoms. The molecule has 0 aliphatic rings. The first-order chi connectivity index (χ1) is 11.7. The van der Waals surface area contributed by atoms with Crippen LogP contribution in [0.1, 0.15) is 29.8 Å². The molecule has 0 bridgehead atoms. The van der Waals surface area contributed by atoms with E-state index in [0.717, 1.165) is 0 Å². The third-order valence-electron chi connectivity index (χ3n) is 3.86. The third kappa shape index (κ3) is 4.64. The van der Waals surface area contributed by atoms with Gasteiger partial charge in [0.15, 0.2) is 0 Å². The quantitative estimate of drug-likeness (QED) is 0.857. The summed E-state index contributed by atoms with van der Waals surface area (Å²) in [6.07, 6.45) is 0. The summed E-state index contributed by atoms with van der Waals surface area (Å²) >= 11 is 0. The van der Waals surface area contributed by atoms with Gasteiger partial charge in [0.25, 0.3) is 5.91 Å². The number of benzene rings is 2. The SMILES string of the molecule is CC(C)N(C)S(=O)(=O)c1ccc(C(=O)NCc2cccc(F)c2)cc1. The zero-order chi connectivity index (χ0) is 18.6. The molecule has 0 radical (unpaired) electrons. The lowest BCUT2D eigenvalue weighted by Crippen LogP contribution is -2.33. The summed E-state index contributed by atoms with van der Waals surface area (Å²) < 4.78 is 39.2. The van der Waals surface area contributed by atoms with Crippen molar-refractivity contribution >= 4 is 15.9 Å². The van der Waals surface area contributed by atoms with Crippen LogP contribution >= 0.6 is 0 Å². The van der Waals surface area contributed by atoms with Gasteiger partial charge in [-0.3, -0.25) is 4.79 Å². The fraction of sp³-hybridized carbons (Fsp3) is 0.278. The standard InChI is InChI=1S/C18H21FN2O3S/c1-13(2)21(3)25(23,24)17-9-7-15(8-10-17)18(22)20-12-14-5-4-6-16(19)11-14/h4-11,13H,12H2,1-3H3,(H,20,22). The molecular formula is C18H21FN2O3S. The Morgan fingerprint density at radius 1 is 1.16 bits per heavy atom. The van der Waals surface area contributed by atoms with Gasteiger partial charge in [-0.2, -0.15) is 4.31 Å². The Morgan fingerprint density at radius 2 is 1.80 bits per heavy atom. The maximum absolute atomic E-state index is 13.1. The van der Waals surface area contributed by atoms with Crippen molar-refractivity contribution in [3.8, 4) is 0 Å². The van der Waals surface area contributed by atoms with Gasteiger partial charge in [0, 0.05) is 25.2 Å². The maximum atomic E-state index is 13.1. The molecule has 7 heteroatoms. The minimum atomic E-state index is -3.58. The van der Waals surface area contributed by atoms with E-state index in [1.165, 1.54) is 47.8 Å². The van der Waals surface area contributed by atoms with Crippen LogP contribution in [0, 0.1) is 5.82 Å². The van der Waals surface area contributed by atoms with Crippen molar-refractivity contribution in [2.24, 2.45) is 0 Å². The van der Waals surface area contributed by atoms with E-state index in [1.54, 1.807) is 26.0 Å². The number of nitrogens with zero attached hydrogens (tertiary/aromatic N) is 1. The summed E-state index contributed by atoms with van der Waals surface area (Å²) in [5.41, 5.74) is 0.980. The van der Waals surface area contributed by atoms with E-state index in [-0.39, 0.29) is 29.2 Å². The molecule has 0 spiro atoms. The van der Waals surface area contributed by atoms with Gasteiger partial charge in [-0.1, -0.05) is 12.1 Å². The first-order valence-electron chi connectivity index (χ1n) is 7.82. The average Bonchev–Trinajstić information content (AvgIpc) is 2.59. The van der Waals surface area contributed by atoms with Crippen molar-refractivity contribution in [3.05, 3.63) is 65.5 Å². The molecule has 0 unspecified atom stereocenters. The molecule has 5 nitrogen and oxygen atoms in total. The van der Waals surface area contributed by atoms with Crippen LogP contribution in [0.4, 0.5) is 4.39 Å². The third-order valence-corrected chi connectivity index (χ3v) is 5.91. The highest BCUT2D eigenvalue weighted by Gasteiger charge is 2.23. The molecule has 0 fully saturated rings. The molecule has 0 atom stereocenters. The molecule has 0 saturated carbocycles. The molecule has 2 rings (SSSR count). The van der Waals surface area contributed by atoms with Crippen LogP contribution in [0.5, 0.6) is 0 Å². The molecule has 1 amide bonds. The van der Waals surface area contributed by atoms with Crippen LogP contribution in [-0.2, 0) is 16.6 Å². The van der Waals surface area contributed by atoms with Crippen LogP contribution in [0.3, 0.4) is 0 Å². The lowest BCUT2D eigenvalue weighted by Gasteiger charge is -2.21. The Bertz CT molecular complexity index is 849. The first kappa shape index (κ1) is 19.1. The molecule has 0 heterocycles. The highest BCUT2D eigenvalue weighted by atomic mass is 32.2. The van der Waals surface area contributed by atoms with Crippen LogP contribution in [-0.4, -0.2) is 31.7 Å². The highest BCUT2D eigenvalue weighted by Crippen LogP contribution is 2.17. The fourth-order valence-corrected chi connectivity index (χ4v) is 3.52. The first-order valence-corrected chi connectivity index (χ1v) is 9.26. The van der Waals surface area contributed by atoms with E-state index in [0.29, 0.717) is 11.1 Å². The minimum Gasteiger partial charge on any atom is -0.348 e. The number of sulfonamides is 1. The monoisotopic (exact) mass is 364 g/mol. The van der Waals surface area contributed by atoms with E-state index in [2.05, 4.69) is 5.32 Å². The second-order valence-corrected chi connectivity index (χ2v) is 7.95. The number of hydrogen-bond donors (Lipinski definition) is 1. The summed E-state index contributed by atoms with van der Waals surface area (Å²) in [7, 11) is -2.07. The molecule has 0 aromatic heterocycles. The number of carbonyl (C=O) groups is 1. The van der Waals surface area contributed by atoms with Crippen molar-refractivity contribution in [1.82, 2.24) is 9.62 Å². The molecule has 2 aromatic rings. The number of carbonyl (C=O) groups excluding carboxylic acids is 1. The van der Waals surface area contributed by atoms with Gasteiger partial charge in [0.05, 0.1) is 4.90 Å². The largest absolute Gasteiger partial charge is 0.348 e. The van der Waals surface area contributed by atoms with Gasteiger partial charge in [-0.15, -0.1) is 0 Å². The van der Waals surface area contributed by atoms with Crippen molar-refractivity contribution in [1.29, 1.82) is 0 Å². The topological polar surface area (TPSA) is 66.5 Å². The highest BCUT2D eigenvalue weighted by molar-refractivity contribution is 7.89. The zero-order valence-corrected chi connectivity index (χ0v) is 15.2. The Hall–Kier alpha value is -2.25. The summed E-state index contributed by atoms with van der Waals surface area (Å²) in [5.74, 6) is -0.721. The Balaban J connectivity index is 2.08. The van der Waals surface area contributed by atoms with Crippen molar-refractivity contribution in [2.45, 2.75) is 31.3 Å². The molecule has 0 aliphatic carbocycles. The maximum Gasteiger partial charge on any atom is 0.251 e. The number of hydrogen-bond acceptors (Lipinski definition) is 3. The molecular weight excluding hydrogens is 343 g/mol. The molecule has 2 aromatic carbocycles. The molecule has 1 N–H and O–H groups in total. The average molecular weight is 364 g/mol. The minimum absolute atomic E-state index is 0.130. The molecule has 134 valence electrons. The summed E-state index contributed by atoms with van der Waals surface area (Å²) in [4.78, 5) is 12.3. The van der Waals surface area contributed by atoms with E-state index < -0.39 is 10.0 Å². The van der Waals surface area contributed by atoms with Crippen molar-refractivity contribution in [3.63, 3.8) is 0 Å². The van der Waals surface area contributed by atoms with Crippen molar-refractivity contribution < 1.29 is 17.6 Å². The van der Waals surface area contributed by atoms with E-state index in [1.807, 2.05) is 0 Å². The summed E-state index contributed by atoms with van der Waals surface area (Å²) in [6, 6.07) is 11.5. The fourth-order valence-electron chi connectivity index (χ4n) is 2.15. The zero-order valence-electron chi connectivity index (χ0n) is 14.4. The van der Waals surface area contributed by atoms with Crippen LogP contribution in [0.2, 0.25) is 0 Å². The predicted octanol–water partition coefficient (Wildman–Crippen LogP) is 2.78. The number of rotatable bonds is 6. The normalized spacial score (nSPS) is 11.8. The molecule has 0 aliphatic heterocycles.